The Labute approximate surface area is 113 Å². The highest BCUT2D eigenvalue weighted by molar-refractivity contribution is 6.36. The zero-order valence-corrected chi connectivity index (χ0v) is 10.2. The zero-order chi connectivity index (χ0) is 14.6. The molecule has 0 aliphatic carbocycles. The molecule has 1 N–H and O–H groups in total. The molecule has 0 radical (unpaired) electrons. The first-order valence-electron chi connectivity index (χ1n) is 5.69. The highest BCUT2D eigenvalue weighted by Gasteiger charge is 2.30. The molecule has 7 heteroatoms. The second-order valence-corrected chi connectivity index (χ2v) is 3.88. The van der Waals surface area contributed by atoms with Crippen molar-refractivity contribution in [2.24, 2.45) is 0 Å². The Hall–Kier alpha value is -2.15. The van der Waals surface area contributed by atoms with Gasteiger partial charge in [-0.05, 0) is 36.4 Å². The Balaban J connectivity index is 1.96. The van der Waals surface area contributed by atoms with Crippen molar-refractivity contribution in [2.75, 3.05) is 0 Å². The van der Waals surface area contributed by atoms with E-state index in [1.165, 1.54) is 0 Å². The lowest BCUT2D eigenvalue weighted by Gasteiger charge is -2.12. The Morgan fingerprint density at radius 2 is 1.30 bits per heavy atom. The van der Waals surface area contributed by atoms with Gasteiger partial charge in [-0.3, -0.25) is 0 Å². The van der Waals surface area contributed by atoms with E-state index in [0.29, 0.717) is 5.75 Å². The van der Waals surface area contributed by atoms with Crippen LogP contribution in [0.4, 0.5) is 13.2 Å². The fraction of sp³-hybridized carbons (Fsp3) is 0.0769. The number of hydrogen-bond donors (Lipinski definition) is 1. The van der Waals surface area contributed by atoms with Crippen LogP contribution in [0.25, 0.3) is 0 Å². The van der Waals surface area contributed by atoms with Crippen LogP contribution in [0, 0.1) is 0 Å². The molecular weight excluding hydrogens is 272 g/mol. The van der Waals surface area contributed by atoms with Gasteiger partial charge in [0.1, 0.15) is 11.5 Å². The smallest absolute Gasteiger partial charge is 0.501 e. The van der Waals surface area contributed by atoms with Gasteiger partial charge < -0.3 is 14.3 Å². The average molecular weight is 282 g/mol. The molecule has 0 heterocycles. The molecule has 0 aromatic heterocycles. The van der Waals surface area contributed by atoms with Crippen LogP contribution in [0.3, 0.4) is 0 Å². The number of rotatable bonds is 4. The first kappa shape index (κ1) is 14.3. The van der Waals surface area contributed by atoms with E-state index in [-0.39, 0.29) is 5.75 Å². The summed E-state index contributed by atoms with van der Waals surface area (Å²) >= 11 is 0. The van der Waals surface area contributed by atoms with Crippen LogP contribution in [-0.2, 0) is 6.18 Å². The molecule has 0 saturated heterocycles. The minimum Gasteiger partial charge on any atom is -0.501 e. The fourth-order valence-electron chi connectivity index (χ4n) is 1.48. The van der Waals surface area contributed by atoms with Crippen molar-refractivity contribution in [3.8, 4) is 11.5 Å². The van der Waals surface area contributed by atoms with Gasteiger partial charge in [-0.15, -0.1) is 0 Å². The summed E-state index contributed by atoms with van der Waals surface area (Å²) in [6.07, 6.45) is -4.41. The largest absolute Gasteiger partial charge is 0.785 e. The van der Waals surface area contributed by atoms with Gasteiger partial charge >= 0.3 is 13.5 Å². The summed E-state index contributed by atoms with van der Waals surface area (Å²) in [4.78, 5) is 0. The van der Waals surface area contributed by atoms with Gasteiger partial charge in [0.15, 0.2) is 0 Å². The molecule has 0 aliphatic heterocycles. The van der Waals surface area contributed by atoms with Gasteiger partial charge in [-0.25, -0.2) is 0 Å². The van der Waals surface area contributed by atoms with E-state index in [9.17, 15) is 18.2 Å². The van der Waals surface area contributed by atoms with Crippen molar-refractivity contribution in [2.45, 2.75) is 6.18 Å². The highest BCUT2D eigenvalue weighted by atomic mass is 19.4. The number of halogens is 3. The summed E-state index contributed by atoms with van der Waals surface area (Å²) in [5.74, 6) is 0.452. The van der Waals surface area contributed by atoms with E-state index in [4.69, 9.17) is 9.31 Å². The Bertz CT molecular complexity index is 543. The van der Waals surface area contributed by atoms with Crippen molar-refractivity contribution >= 4 is 7.32 Å². The second kappa shape index (κ2) is 5.87. The van der Waals surface area contributed by atoms with Gasteiger partial charge in [0, 0.05) is 0 Å². The van der Waals surface area contributed by atoms with E-state index < -0.39 is 19.1 Å². The maximum absolute atomic E-state index is 12.4. The molecule has 0 fully saturated rings. The minimum atomic E-state index is -4.41. The van der Waals surface area contributed by atoms with Crippen molar-refractivity contribution in [3.63, 3.8) is 0 Å². The van der Waals surface area contributed by atoms with Crippen molar-refractivity contribution < 1.29 is 27.5 Å². The maximum Gasteiger partial charge on any atom is 0.785 e. The summed E-state index contributed by atoms with van der Waals surface area (Å²) in [5, 5.41) is 9.52. The number of benzene rings is 2. The molecule has 20 heavy (non-hydrogen) atoms. The third-order valence-electron chi connectivity index (χ3n) is 2.40. The third-order valence-corrected chi connectivity index (χ3v) is 2.40. The SMILES string of the molecule is OB(Oc1ccccc1)Oc1ccc(C(F)(F)F)cc1. The quantitative estimate of drug-likeness (QED) is 0.875. The first-order valence-corrected chi connectivity index (χ1v) is 5.69. The minimum absolute atomic E-state index is 0.0708. The van der Waals surface area contributed by atoms with Crippen LogP contribution in [0.15, 0.2) is 54.6 Å². The zero-order valence-electron chi connectivity index (χ0n) is 10.2. The highest BCUT2D eigenvalue weighted by Crippen LogP contribution is 2.30. The van der Waals surface area contributed by atoms with Crippen molar-refractivity contribution in [3.05, 3.63) is 60.2 Å². The van der Waals surface area contributed by atoms with Crippen LogP contribution in [0.5, 0.6) is 11.5 Å². The van der Waals surface area contributed by atoms with E-state index in [1.54, 1.807) is 30.3 Å². The van der Waals surface area contributed by atoms with E-state index in [0.717, 1.165) is 24.3 Å². The van der Waals surface area contributed by atoms with E-state index in [1.807, 2.05) is 0 Å². The van der Waals surface area contributed by atoms with Crippen LogP contribution in [0.1, 0.15) is 5.56 Å². The molecule has 2 aromatic carbocycles. The summed E-state index contributed by atoms with van der Waals surface area (Å²) in [5.41, 5.74) is -0.789. The van der Waals surface area contributed by atoms with Crippen LogP contribution in [0.2, 0.25) is 0 Å². The average Bonchev–Trinajstić information content (AvgIpc) is 2.39. The summed E-state index contributed by atoms with van der Waals surface area (Å²) in [6, 6.07) is 12.4. The molecule has 3 nitrogen and oxygen atoms in total. The molecule has 2 rings (SSSR count). The molecule has 0 saturated carbocycles. The molecule has 0 spiro atoms. The van der Waals surface area contributed by atoms with Crippen LogP contribution in [-0.4, -0.2) is 12.3 Å². The molecule has 0 amide bonds. The number of hydrogen-bond acceptors (Lipinski definition) is 3. The molecule has 2 aromatic rings. The van der Waals surface area contributed by atoms with E-state index in [2.05, 4.69) is 0 Å². The van der Waals surface area contributed by atoms with Gasteiger partial charge in [0.25, 0.3) is 0 Å². The first-order chi connectivity index (χ1) is 9.45. The molecule has 104 valence electrons. The molecular formula is C13H10BF3O3. The topological polar surface area (TPSA) is 38.7 Å². The summed E-state index contributed by atoms with van der Waals surface area (Å²) in [6.45, 7) is 0. The summed E-state index contributed by atoms with van der Waals surface area (Å²) < 4.78 is 47.0. The summed E-state index contributed by atoms with van der Waals surface area (Å²) in [7, 11) is -1.60. The van der Waals surface area contributed by atoms with Gasteiger partial charge in [-0.2, -0.15) is 13.2 Å². The van der Waals surface area contributed by atoms with Crippen molar-refractivity contribution in [1.29, 1.82) is 0 Å². The lowest BCUT2D eigenvalue weighted by atomic mass is 10.2. The lowest BCUT2D eigenvalue weighted by Crippen LogP contribution is -2.29. The molecule has 0 aliphatic rings. The van der Waals surface area contributed by atoms with E-state index >= 15 is 0 Å². The predicted molar refractivity (Wildman–Crippen MR) is 67.1 cm³/mol. The second-order valence-electron chi connectivity index (χ2n) is 3.88. The standard InChI is InChI=1S/C13H10BF3O3/c15-13(16,17)10-6-8-12(9-7-10)20-14(18)19-11-4-2-1-3-5-11/h1-9,18H. The Kier molecular flexibility index (Phi) is 4.19. The fourth-order valence-corrected chi connectivity index (χ4v) is 1.48. The predicted octanol–water partition coefficient (Wildman–Crippen LogP) is 3.14. The Morgan fingerprint density at radius 1 is 0.800 bits per heavy atom. The van der Waals surface area contributed by atoms with Gasteiger partial charge in [0.05, 0.1) is 5.56 Å². The normalized spacial score (nSPS) is 11.0. The molecule has 0 unspecified atom stereocenters. The van der Waals surface area contributed by atoms with Crippen LogP contribution < -0.4 is 9.31 Å². The van der Waals surface area contributed by atoms with Crippen molar-refractivity contribution in [1.82, 2.24) is 0 Å². The molecule has 0 atom stereocenters. The lowest BCUT2D eigenvalue weighted by molar-refractivity contribution is -0.137. The van der Waals surface area contributed by atoms with Gasteiger partial charge in [-0.1, -0.05) is 18.2 Å². The Morgan fingerprint density at radius 3 is 1.80 bits per heavy atom. The number of alkyl halides is 3. The maximum atomic E-state index is 12.4. The molecule has 0 bridgehead atoms. The van der Waals surface area contributed by atoms with Gasteiger partial charge in [0.2, 0.25) is 0 Å². The van der Waals surface area contributed by atoms with Crippen LogP contribution >= 0.6 is 0 Å². The number of para-hydroxylation sites is 1. The monoisotopic (exact) mass is 282 g/mol. The third kappa shape index (κ3) is 3.93.